The van der Waals surface area contributed by atoms with Crippen LogP contribution in [0.1, 0.15) is 25.0 Å². The summed E-state index contributed by atoms with van der Waals surface area (Å²) in [6.07, 6.45) is 4.01. The number of carboxylic acids is 1. The van der Waals surface area contributed by atoms with Crippen LogP contribution in [-0.4, -0.2) is 30.1 Å². The minimum Gasteiger partial charge on any atom is -0.493 e. The minimum absolute atomic E-state index is 0.0868. The molecule has 0 aromatic heterocycles. The van der Waals surface area contributed by atoms with Crippen molar-refractivity contribution < 1.29 is 19.4 Å². The monoisotopic (exact) mass is 289 g/mol. The van der Waals surface area contributed by atoms with E-state index in [0.29, 0.717) is 6.61 Å². The lowest BCUT2D eigenvalue weighted by Crippen LogP contribution is -2.38. The van der Waals surface area contributed by atoms with Gasteiger partial charge in [0.1, 0.15) is 5.75 Å². The number of amides is 1. The van der Waals surface area contributed by atoms with Crippen LogP contribution in [0.4, 0.5) is 0 Å². The molecule has 0 radical (unpaired) electrons. The molecule has 1 aliphatic rings. The van der Waals surface area contributed by atoms with Crippen molar-refractivity contribution in [1.29, 1.82) is 0 Å². The van der Waals surface area contributed by atoms with Crippen molar-refractivity contribution in [3.63, 3.8) is 0 Å². The molecule has 0 saturated carbocycles. The Morgan fingerprint density at radius 3 is 2.90 bits per heavy atom. The van der Waals surface area contributed by atoms with Crippen LogP contribution < -0.4 is 10.1 Å². The average Bonchev–Trinajstić information content (AvgIpc) is 2.90. The highest BCUT2D eigenvalue weighted by molar-refractivity contribution is 5.92. The Balaban J connectivity index is 1.92. The summed E-state index contributed by atoms with van der Waals surface area (Å²) in [5.74, 6) is -0.341. The number of hydrogen-bond acceptors (Lipinski definition) is 3. The van der Waals surface area contributed by atoms with Gasteiger partial charge in [-0.1, -0.05) is 6.07 Å². The Morgan fingerprint density at radius 2 is 2.19 bits per heavy atom. The van der Waals surface area contributed by atoms with Gasteiger partial charge in [0.15, 0.2) is 0 Å². The molecule has 0 bridgehead atoms. The first-order valence-electron chi connectivity index (χ1n) is 6.83. The molecule has 112 valence electrons. The molecule has 0 aliphatic carbocycles. The van der Waals surface area contributed by atoms with E-state index in [2.05, 4.69) is 5.32 Å². The van der Waals surface area contributed by atoms with E-state index in [-0.39, 0.29) is 12.5 Å². The topological polar surface area (TPSA) is 75.6 Å². The first-order valence-corrected chi connectivity index (χ1v) is 6.83. The maximum absolute atomic E-state index is 11.7. The van der Waals surface area contributed by atoms with Crippen LogP contribution in [0, 0.1) is 5.41 Å². The number of carbonyl (C=O) groups excluding carboxylic acids is 1. The van der Waals surface area contributed by atoms with Crippen LogP contribution in [-0.2, 0) is 16.0 Å². The van der Waals surface area contributed by atoms with Gasteiger partial charge in [0.05, 0.1) is 12.0 Å². The van der Waals surface area contributed by atoms with Gasteiger partial charge < -0.3 is 15.2 Å². The van der Waals surface area contributed by atoms with E-state index in [9.17, 15) is 9.59 Å². The molecule has 1 aromatic carbocycles. The number of nitrogens with one attached hydrogen (secondary N) is 1. The summed E-state index contributed by atoms with van der Waals surface area (Å²) < 4.78 is 5.42. The van der Waals surface area contributed by atoms with Gasteiger partial charge in [-0.15, -0.1) is 0 Å². The third-order valence-corrected chi connectivity index (χ3v) is 3.42. The van der Waals surface area contributed by atoms with Crippen molar-refractivity contribution >= 4 is 18.0 Å². The van der Waals surface area contributed by atoms with Gasteiger partial charge in [-0.3, -0.25) is 9.59 Å². The molecule has 0 fully saturated rings. The number of benzene rings is 1. The zero-order valence-electron chi connectivity index (χ0n) is 12.2. The Hall–Kier alpha value is -2.30. The van der Waals surface area contributed by atoms with Gasteiger partial charge in [0.25, 0.3) is 0 Å². The van der Waals surface area contributed by atoms with Gasteiger partial charge in [-0.05, 0) is 43.2 Å². The smallest absolute Gasteiger partial charge is 0.310 e. The predicted octanol–water partition coefficient (Wildman–Crippen LogP) is 1.86. The highest BCUT2D eigenvalue weighted by atomic mass is 16.5. The molecule has 1 amide bonds. The first kappa shape index (κ1) is 15.1. The molecule has 1 aromatic rings. The third kappa shape index (κ3) is 3.84. The normalized spacial score (nSPS) is 13.8. The van der Waals surface area contributed by atoms with Crippen LogP contribution >= 0.6 is 0 Å². The van der Waals surface area contributed by atoms with Crippen molar-refractivity contribution in [2.75, 3.05) is 13.2 Å². The minimum atomic E-state index is -0.978. The molecule has 0 unspecified atom stereocenters. The summed E-state index contributed by atoms with van der Waals surface area (Å²) in [5, 5.41) is 11.6. The number of fused-ring (bicyclic) bond motifs is 1. The first-order chi connectivity index (χ1) is 9.88. The molecule has 1 heterocycles. The van der Waals surface area contributed by atoms with E-state index in [1.165, 1.54) is 6.08 Å². The summed E-state index contributed by atoms with van der Waals surface area (Å²) in [5.41, 5.74) is 1.09. The van der Waals surface area contributed by atoms with Crippen molar-refractivity contribution in [2.45, 2.75) is 20.3 Å². The van der Waals surface area contributed by atoms with E-state index < -0.39 is 11.4 Å². The van der Waals surface area contributed by atoms with Gasteiger partial charge >= 0.3 is 5.97 Å². The lowest BCUT2D eigenvalue weighted by Gasteiger charge is -2.18. The maximum Gasteiger partial charge on any atom is 0.310 e. The number of carboxylic acid groups (broad SMARTS) is 1. The highest BCUT2D eigenvalue weighted by Crippen LogP contribution is 2.26. The molecule has 2 rings (SSSR count). The highest BCUT2D eigenvalue weighted by Gasteiger charge is 2.27. The fraction of sp³-hybridized carbons (Fsp3) is 0.375. The van der Waals surface area contributed by atoms with Crippen LogP contribution in [0.25, 0.3) is 6.08 Å². The fourth-order valence-electron chi connectivity index (χ4n) is 1.92. The second-order valence-corrected chi connectivity index (χ2v) is 5.71. The molecule has 1 aliphatic heterocycles. The molecule has 0 saturated heterocycles. The zero-order chi connectivity index (χ0) is 15.5. The Labute approximate surface area is 123 Å². The van der Waals surface area contributed by atoms with Crippen molar-refractivity contribution in [2.24, 2.45) is 5.41 Å². The fourth-order valence-corrected chi connectivity index (χ4v) is 1.92. The van der Waals surface area contributed by atoms with E-state index in [1.807, 2.05) is 18.2 Å². The second-order valence-electron chi connectivity index (χ2n) is 5.71. The Morgan fingerprint density at radius 1 is 1.43 bits per heavy atom. The number of aliphatic carboxylic acids is 1. The van der Waals surface area contributed by atoms with E-state index in [0.717, 1.165) is 23.3 Å². The molecular formula is C16H19NO4. The van der Waals surface area contributed by atoms with Crippen molar-refractivity contribution in [3.05, 3.63) is 35.4 Å². The number of carbonyl (C=O) groups is 2. The van der Waals surface area contributed by atoms with Crippen LogP contribution in [0.2, 0.25) is 0 Å². The molecule has 5 heteroatoms. The number of hydrogen-bond donors (Lipinski definition) is 2. The van der Waals surface area contributed by atoms with Crippen LogP contribution in [0.15, 0.2) is 24.3 Å². The second kappa shape index (κ2) is 5.99. The summed E-state index contributed by atoms with van der Waals surface area (Å²) in [6, 6.07) is 5.77. The van der Waals surface area contributed by atoms with Gasteiger partial charge in [0.2, 0.25) is 5.91 Å². The third-order valence-electron chi connectivity index (χ3n) is 3.42. The van der Waals surface area contributed by atoms with Gasteiger partial charge in [-0.2, -0.15) is 0 Å². The standard InChI is InChI=1S/C16H19NO4/c1-16(2,15(19)20)10-17-14(18)6-4-11-3-5-13-12(9-11)7-8-21-13/h3-6,9H,7-8,10H2,1-2H3,(H,17,18)(H,19,20)/b6-4+. The Kier molecular flexibility index (Phi) is 4.31. The molecule has 0 spiro atoms. The van der Waals surface area contributed by atoms with E-state index in [4.69, 9.17) is 9.84 Å². The zero-order valence-corrected chi connectivity index (χ0v) is 12.2. The number of ether oxygens (including phenoxy) is 1. The number of rotatable bonds is 5. The molecule has 0 atom stereocenters. The Bertz CT molecular complexity index is 590. The summed E-state index contributed by atoms with van der Waals surface area (Å²) >= 11 is 0. The average molecular weight is 289 g/mol. The van der Waals surface area contributed by atoms with Crippen molar-refractivity contribution in [1.82, 2.24) is 5.32 Å². The van der Waals surface area contributed by atoms with Crippen LogP contribution in [0.3, 0.4) is 0 Å². The van der Waals surface area contributed by atoms with Crippen LogP contribution in [0.5, 0.6) is 5.75 Å². The molecule has 5 nitrogen and oxygen atoms in total. The summed E-state index contributed by atoms with van der Waals surface area (Å²) in [7, 11) is 0. The van der Waals surface area contributed by atoms with Crippen molar-refractivity contribution in [3.8, 4) is 5.75 Å². The van der Waals surface area contributed by atoms with Gasteiger partial charge in [0, 0.05) is 19.0 Å². The SMILES string of the molecule is CC(C)(CNC(=O)/C=C/c1ccc2c(c1)CCO2)C(=O)O. The molecular weight excluding hydrogens is 270 g/mol. The van der Waals surface area contributed by atoms with E-state index in [1.54, 1.807) is 19.9 Å². The predicted molar refractivity (Wildman–Crippen MR) is 79.1 cm³/mol. The summed E-state index contributed by atoms with van der Waals surface area (Å²) in [6.45, 7) is 3.93. The molecule has 2 N–H and O–H groups in total. The summed E-state index contributed by atoms with van der Waals surface area (Å²) in [4.78, 5) is 22.6. The largest absolute Gasteiger partial charge is 0.493 e. The lowest BCUT2D eigenvalue weighted by atomic mass is 9.94. The lowest BCUT2D eigenvalue weighted by molar-refractivity contribution is -0.146. The maximum atomic E-state index is 11.7. The van der Waals surface area contributed by atoms with Gasteiger partial charge in [-0.25, -0.2) is 0 Å². The van der Waals surface area contributed by atoms with E-state index >= 15 is 0 Å². The quantitative estimate of drug-likeness (QED) is 0.811. The molecule has 21 heavy (non-hydrogen) atoms.